The lowest BCUT2D eigenvalue weighted by molar-refractivity contribution is 0.596. The Bertz CT molecular complexity index is 428. The molecule has 0 saturated heterocycles. The van der Waals surface area contributed by atoms with E-state index in [-0.39, 0.29) is 16.5 Å². The molecular formula is C8H13N3O2S. The highest BCUT2D eigenvalue weighted by atomic mass is 32.2. The van der Waals surface area contributed by atoms with Crippen molar-refractivity contribution in [1.29, 1.82) is 0 Å². The average molecular weight is 215 g/mol. The fourth-order valence-corrected chi connectivity index (χ4v) is 1.88. The van der Waals surface area contributed by atoms with Gasteiger partial charge in [-0.1, -0.05) is 13.8 Å². The van der Waals surface area contributed by atoms with Gasteiger partial charge in [0.1, 0.15) is 16.5 Å². The maximum atomic E-state index is 11.5. The van der Waals surface area contributed by atoms with E-state index in [2.05, 4.69) is 9.97 Å². The molecule has 1 rings (SSSR count). The van der Waals surface area contributed by atoms with Crippen LogP contribution in [0.3, 0.4) is 0 Å². The third-order valence-electron chi connectivity index (χ3n) is 1.86. The van der Waals surface area contributed by atoms with Crippen molar-refractivity contribution in [2.75, 3.05) is 11.5 Å². The van der Waals surface area contributed by atoms with Gasteiger partial charge in [-0.3, -0.25) is 0 Å². The summed E-state index contributed by atoms with van der Waals surface area (Å²) in [4.78, 5) is 7.82. The van der Waals surface area contributed by atoms with Gasteiger partial charge in [0, 0.05) is 6.42 Å². The van der Waals surface area contributed by atoms with Crippen LogP contribution in [0.15, 0.2) is 11.1 Å². The predicted molar refractivity (Wildman–Crippen MR) is 53.5 cm³/mol. The zero-order valence-electron chi connectivity index (χ0n) is 8.19. The number of nitrogens with zero attached hydrogens (tertiary/aromatic N) is 2. The third-order valence-corrected chi connectivity index (χ3v) is 3.61. The molecule has 0 spiro atoms. The molecule has 0 atom stereocenters. The SMILES string of the molecule is CCc1ncc(S(=O)(=O)CC)c(N)n1. The van der Waals surface area contributed by atoms with Gasteiger partial charge in [-0.15, -0.1) is 0 Å². The summed E-state index contributed by atoms with van der Waals surface area (Å²) in [7, 11) is -3.30. The first-order valence-electron chi connectivity index (χ1n) is 4.35. The largest absolute Gasteiger partial charge is 0.383 e. The summed E-state index contributed by atoms with van der Waals surface area (Å²) in [5.74, 6) is 0.600. The van der Waals surface area contributed by atoms with Gasteiger partial charge in [-0.25, -0.2) is 18.4 Å². The van der Waals surface area contributed by atoms with Crippen LogP contribution in [0.4, 0.5) is 5.82 Å². The molecule has 0 saturated carbocycles. The van der Waals surface area contributed by atoms with Gasteiger partial charge in [0.25, 0.3) is 0 Å². The quantitative estimate of drug-likeness (QED) is 0.789. The van der Waals surface area contributed by atoms with Gasteiger partial charge < -0.3 is 5.73 Å². The number of nitrogen functional groups attached to an aromatic ring is 1. The maximum Gasteiger partial charge on any atom is 0.183 e. The highest BCUT2D eigenvalue weighted by molar-refractivity contribution is 7.91. The van der Waals surface area contributed by atoms with Crippen molar-refractivity contribution in [2.45, 2.75) is 25.2 Å². The fraction of sp³-hybridized carbons (Fsp3) is 0.500. The van der Waals surface area contributed by atoms with E-state index in [0.717, 1.165) is 0 Å². The van der Waals surface area contributed by atoms with Crippen LogP contribution in [0.2, 0.25) is 0 Å². The highest BCUT2D eigenvalue weighted by Crippen LogP contribution is 2.16. The summed E-state index contributed by atoms with van der Waals surface area (Å²) in [6.45, 7) is 3.44. The molecule has 0 aliphatic rings. The van der Waals surface area contributed by atoms with Crippen molar-refractivity contribution < 1.29 is 8.42 Å². The molecule has 0 amide bonds. The Labute approximate surface area is 83.3 Å². The lowest BCUT2D eigenvalue weighted by Gasteiger charge is -2.04. The van der Waals surface area contributed by atoms with Crippen LogP contribution in [-0.2, 0) is 16.3 Å². The van der Waals surface area contributed by atoms with Crippen LogP contribution in [0.1, 0.15) is 19.7 Å². The summed E-state index contributed by atoms with van der Waals surface area (Å²) in [5.41, 5.74) is 5.53. The Hall–Kier alpha value is -1.17. The number of hydrogen-bond acceptors (Lipinski definition) is 5. The van der Waals surface area contributed by atoms with E-state index in [9.17, 15) is 8.42 Å². The number of nitrogens with two attached hydrogens (primary N) is 1. The van der Waals surface area contributed by atoms with Gasteiger partial charge in [0.05, 0.1) is 11.9 Å². The molecule has 5 nitrogen and oxygen atoms in total. The van der Waals surface area contributed by atoms with Crippen LogP contribution in [0.5, 0.6) is 0 Å². The van der Waals surface area contributed by atoms with E-state index in [4.69, 9.17) is 5.73 Å². The molecule has 0 aromatic carbocycles. The second kappa shape index (κ2) is 3.91. The van der Waals surface area contributed by atoms with Crippen molar-refractivity contribution in [1.82, 2.24) is 9.97 Å². The Morgan fingerprint density at radius 2 is 2.07 bits per heavy atom. The number of aromatic nitrogens is 2. The summed E-state index contributed by atoms with van der Waals surface area (Å²) in [5, 5.41) is 0. The average Bonchev–Trinajstić information content (AvgIpc) is 2.17. The van der Waals surface area contributed by atoms with E-state index in [1.807, 2.05) is 6.92 Å². The van der Waals surface area contributed by atoms with Crippen LogP contribution in [-0.4, -0.2) is 24.1 Å². The molecule has 0 fully saturated rings. The molecule has 0 bridgehead atoms. The predicted octanol–water partition coefficient (Wildman–Crippen LogP) is 0.415. The maximum absolute atomic E-state index is 11.5. The first-order chi connectivity index (χ1) is 6.51. The second-order valence-corrected chi connectivity index (χ2v) is 5.04. The normalized spacial score (nSPS) is 11.6. The topological polar surface area (TPSA) is 85.9 Å². The summed E-state index contributed by atoms with van der Waals surface area (Å²) >= 11 is 0. The smallest absolute Gasteiger partial charge is 0.183 e. The van der Waals surface area contributed by atoms with Gasteiger partial charge in [0.15, 0.2) is 9.84 Å². The molecule has 0 aliphatic heterocycles. The van der Waals surface area contributed by atoms with E-state index in [0.29, 0.717) is 12.2 Å². The van der Waals surface area contributed by atoms with Crippen molar-refractivity contribution in [2.24, 2.45) is 0 Å². The third kappa shape index (κ3) is 2.01. The Morgan fingerprint density at radius 1 is 1.43 bits per heavy atom. The lowest BCUT2D eigenvalue weighted by atomic mass is 10.4. The molecule has 1 heterocycles. The minimum absolute atomic E-state index is 0.00598. The van der Waals surface area contributed by atoms with E-state index in [1.165, 1.54) is 6.20 Å². The molecule has 1 aromatic heterocycles. The second-order valence-electron chi connectivity index (χ2n) is 2.79. The van der Waals surface area contributed by atoms with Crippen LogP contribution < -0.4 is 5.73 Å². The minimum atomic E-state index is -3.30. The molecular weight excluding hydrogens is 202 g/mol. The van der Waals surface area contributed by atoms with Crippen molar-refractivity contribution in [3.8, 4) is 0 Å². The number of aryl methyl sites for hydroxylation is 1. The Morgan fingerprint density at radius 3 is 2.50 bits per heavy atom. The monoisotopic (exact) mass is 215 g/mol. The molecule has 1 aromatic rings. The molecule has 0 radical (unpaired) electrons. The standard InChI is InChI=1S/C8H13N3O2S/c1-3-7-10-5-6(8(9)11-7)14(12,13)4-2/h5H,3-4H2,1-2H3,(H2,9,10,11). The highest BCUT2D eigenvalue weighted by Gasteiger charge is 2.16. The Balaban J connectivity index is 3.26. The van der Waals surface area contributed by atoms with Gasteiger partial charge in [0.2, 0.25) is 0 Å². The zero-order valence-corrected chi connectivity index (χ0v) is 9.00. The Kier molecular flexibility index (Phi) is 3.05. The van der Waals surface area contributed by atoms with Crippen molar-refractivity contribution in [3.63, 3.8) is 0 Å². The first kappa shape index (κ1) is 10.9. The van der Waals surface area contributed by atoms with E-state index < -0.39 is 9.84 Å². The van der Waals surface area contributed by atoms with Gasteiger partial charge in [-0.2, -0.15) is 0 Å². The summed E-state index contributed by atoms with van der Waals surface area (Å²) < 4.78 is 22.9. The van der Waals surface area contributed by atoms with E-state index >= 15 is 0 Å². The van der Waals surface area contributed by atoms with Gasteiger partial charge >= 0.3 is 0 Å². The number of hydrogen-bond donors (Lipinski definition) is 1. The van der Waals surface area contributed by atoms with Crippen LogP contribution >= 0.6 is 0 Å². The number of anilines is 1. The van der Waals surface area contributed by atoms with E-state index in [1.54, 1.807) is 6.92 Å². The minimum Gasteiger partial charge on any atom is -0.383 e. The number of rotatable bonds is 3. The van der Waals surface area contributed by atoms with Gasteiger partial charge in [-0.05, 0) is 0 Å². The molecule has 0 aliphatic carbocycles. The lowest BCUT2D eigenvalue weighted by Crippen LogP contribution is -2.10. The van der Waals surface area contributed by atoms with Crippen LogP contribution in [0.25, 0.3) is 0 Å². The summed E-state index contributed by atoms with van der Waals surface area (Å²) in [6.07, 6.45) is 1.91. The fourth-order valence-electron chi connectivity index (χ4n) is 0.988. The molecule has 0 unspecified atom stereocenters. The van der Waals surface area contributed by atoms with Crippen molar-refractivity contribution in [3.05, 3.63) is 12.0 Å². The molecule has 6 heteroatoms. The van der Waals surface area contributed by atoms with Crippen LogP contribution in [0, 0.1) is 0 Å². The molecule has 14 heavy (non-hydrogen) atoms. The number of sulfone groups is 1. The summed E-state index contributed by atoms with van der Waals surface area (Å²) in [6, 6.07) is 0. The zero-order chi connectivity index (χ0) is 10.8. The van der Waals surface area contributed by atoms with Crippen molar-refractivity contribution >= 4 is 15.7 Å². The first-order valence-corrected chi connectivity index (χ1v) is 6.00. The molecule has 2 N–H and O–H groups in total. The molecule has 78 valence electrons.